The molecule has 5 nitrogen and oxygen atoms in total. The van der Waals surface area contributed by atoms with E-state index in [9.17, 15) is 4.79 Å². The zero-order valence-corrected chi connectivity index (χ0v) is 18.9. The fraction of sp³-hybridized carbons (Fsp3) is 0.222. The van der Waals surface area contributed by atoms with Gasteiger partial charge in [0.15, 0.2) is 0 Å². The number of nitrogens with one attached hydrogen (secondary N) is 1. The van der Waals surface area contributed by atoms with Crippen molar-refractivity contribution < 1.29 is 14.3 Å². The van der Waals surface area contributed by atoms with E-state index < -0.39 is 0 Å². The smallest absolute Gasteiger partial charge is 0.416 e. The highest BCUT2D eigenvalue weighted by atomic mass is 35.5. The number of hydrogen-bond donors (Lipinski definition) is 1. The summed E-state index contributed by atoms with van der Waals surface area (Å²) >= 11 is 6.42. The predicted octanol–water partition coefficient (Wildman–Crippen LogP) is 4.30. The number of carbonyl (C=O) groups is 1. The van der Waals surface area contributed by atoms with E-state index in [0.29, 0.717) is 18.9 Å². The van der Waals surface area contributed by atoms with Crippen molar-refractivity contribution in [3.8, 4) is 11.5 Å². The van der Waals surface area contributed by atoms with Gasteiger partial charge >= 0.3 is 6.09 Å². The molecule has 1 N–H and O–H groups in total. The van der Waals surface area contributed by atoms with E-state index in [1.807, 2.05) is 42.5 Å². The average molecular weight is 461 g/mol. The highest BCUT2D eigenvalue weighted by Crippen LogP contribution is 2.34. The Morgan fingerprint density at radius 2 is 1.94 bits per heavy atom. The molecule has 0 saturated heterocycles. The second-order valence-electron chi connectivity index (χ2n) is 8.16. The molecular weight excluding hydrogens is 436 g/mol. The summed E-state index contributed by atoms with van der Waals surface area (Å²) in [6.07, 6.45) is 7.11. The van der Waals surface area contributed by atoms with Gasteiger partial charge in [-0.1, -0.05) is 55.1 Å². The van der Waals surface area contributed by atoms with Crippen molar-refractivity contribution in [2.24, 2.45) is 0 Å². The molecule has 6 heteroatoms. The number of amides is 1. The molecule has 0 spiro atoms. The molecule has 2 heterocycles. The second-order valence-corrected chi connectivity index (χ2v) is 8.72. The van der Waals surface area contributed by atoms with E-state index in [4.69, 9.17) is 21.1 Å². The van der Waals surface area contributed by atoms with E-state index in [1.54, 1.807) is 23.1 Å². The lowest BCUT2D eigenvalue weighted by Crippen LogP contribution is -2.43. The number of carbonyl (C=O) groups excluding carboxylic acids is 1. The Bertz CT molecular complexity index is 1280. The molecule has 1 amide bonds. The van der Waals surface area contributed by atoms with Crippen LogP contribution in [0.3, 0.4) is 0 Å². The van der Waals surface area contributed by atoms with Crippen LogP contribution in [0.1, 0.15) is 29.3 Å². The van der Waals surface area contributed by atoms with Crippen LogP contribution in [0, 0.1) is 0 Å². The van der Waals surface area contributed by atoms with E-state index in [1.165, 1.54) is 5.56 Å². The monoisotopic (exact) mass is 460 g/mol. The van der Waals surface area contributed by atoms with Gasteiger partial charge in [-0.05, 0) is 48.2 Å². The minimum absolute atomic E-state index is 0.0155. The quantitative estimate of drug-likeness (QED) is 0.456. The average Bonchev–Trinajstić information content (AvgIpc) is 3.21. The number of para-hydroxylation sites is 1. The van der Waals surface area contributed by atoms with Gasteiger partial charge in [0.1, 0.15) is 24.1 Å². The Balaban J connectivity index is 1.55. The topological polar surface area (TPSA) is 54.6 Å². The normalized spacial score (nSPS) is 18.9. The van der Waals surface area contributed by atoms with Crippen molar-refractivity contribution in [2.45, 2.75) is 24.3 Å². The number of nitrogens with zero attached hydrogens (tertiary/aromatic N) is 1. The molecule has 0 radical (unpaired) electrons. The van der Waals surface area contributed by atoms with Gasteiger partial charge in [0.05, 0.1) is 5.38 Å². The van der Waals surface area contributed by atoms with Crippen LogP contribution < -0.4 is 20.0 Å². The van der Waals surface area contributed by atoms with Gasteiger partial charge in [-0.15, -0.1) is 11.6 Å². The Morgan fingerprint density at radius 3 is 2.70 bits per heavy atom. The molecule has 168 valence electrons. The molecule has 0 fully saturated rings. The molecule has 1 aliphatic heterocycles. The number of H-pyrrole nitrogens is 1. The number of alkyl halides is 1. The first kappa shape index (κ1) is 21.4. The zero-order chi connectivity index (χ0) is 22.8. The molecule has 2 unspecified atom stereocenters. The first-order valence-corrected chi connectivity index (χ1v) is 11.5. The van der Waals surface area contributed by atoms with Gasteiger partial charge in [-0.2, -0.15) is 0 Å². The van der Waals surface area contributed by atoms with Crippen molar-refractivity contribution in [3.63, 3.8) is 0 Å². The van der Waals surface area contributed by atoms with E-state index in [-0.39, 0.29) is 17.5 Å². The second kappa shape index (κ2) is 9.20. The van der Waals surface area contributed by atoms with Gasteiger partial charge < -0.3 is 14.5 Å². The maximum Gasteiger partial charge on any atom is 0.416 e. The number of aromatic amines is 1. The van der Waals surface area contributed by atoms with Crippen molar-refractivity contribution in [1.82, 2.24) is 9.88 Å². The fourth-order valence-corrected chi connectivity index (χ4v) is 4.75. The molecule has 0 saturated carbocycles. The molecule has 3 aromatic rings. The fourth-order valence-electron chi connectivity index (χ4n) is 4.54. The van der Waals surface area contributed by atoms with Crippen LogP contribution in [-0.2, 0) is 6.42 Å². The number of aromatic nitrogens is 1. The van der Waals surface area contributed by atoms with Crippen molar-refractivity contribution >= 4 is 29.8 Å². The third kappa shape index (κ3) is 4.29. The molecule has 5 rings (SSSR count). The largest absolute Gasteiger partial charge is 0.490 e. The molecule has 2 aromatic carbocycles. The molecule has 1 aliphatic carbocycles. The number of halogens is 1. The van der Waals surface area contributed by atoms with E-state index >= 15 is 0 Å². The van der Waals surface area contributed by atoms with Gasteiger partial charge in [0.25, 0.3) is 0 Å². The zero-order valence-electron chi connectivity index (χ0n) is 18.2. The lowest BCUT2D eigenvalue weighted by atomic mass is 9.92. The van der Waals surface area contributed by atoms with Gasteiger partial charge in [-0.3, -0.25) is 4.90 Å². The third-order valence-electron chi connectivity index (χ3n) is 6.04. The molecule has 0 bridgehead atoms. The van der Waals surface area contributed by atoms with Crippen molar-refractivity contribution in [1.29, 1.82) is 0 Å². The minimum atomic E-state index is -0.375. The Morgan fingerprint density at radius 1 is 1.15 bits per heavy atom. The third-order valence-corrected chi connectivity index (χ3v) is 6.34. The highest BCUT2D eigenvalue weighted by Gasteiger charge is 2.35. The van der Waals surface area contributed by atoms with Crippen molar-refractivity contribution in [2.75, 3.05) is 13.2 Å². The standard InChI is InChI=1S/C27H25ClN2O3/c1-2-16-32-20-11-8-18(9-12-20)26-25-22(23-17-19(28)10-13-24(23)29-25)14-15-30(26)27(31)33-21-6-4-3-5-7-21/h2-9,11-13,17,19,26,29H,1,10,14-16H2. The maximum atomic E-state index is 13.3. The molecule has 33 heavy (non-hydrogen) atoms. The Labute approximate surface area is 197 Å². The minimum Gasteiger partial charge on any atom is -0.490 e. The summed E-state index contributed by atoms with van der Waals surface area (Å²) < 4.78 is 11.4. The summed E-state index contributed by atoms with van der Waals surface area (Å²) in [4.78, 5) is 18.7. The first-order chi connectivity index (χ1) is 16.1. The SMILES string of the molecule is C=CCOc1ccc(C2c3[nH]c4c(c3CCN2C(=O)Oc2ccccc2)=CC(Cl)CC=4)cc1. The summed E-state index contributed by atoms with van der Waals surface area (Å²) in [5, 5.41) is 2.22. The van der Waals surface area contributed by atoms with Gasteiger partial charge in [-0.25, -0.2) is 4.79 Å². The number of benzene rings is 2. The summed E-state index contributed by atoms with van der Waals surface area (Å²) in [5.74, 6) is 1.28. The van der Waals surface area contributed by atoms with Crippen LogP contribution in [0.4, 0.5) is 4.79 Å². The number of ether oxygens (including phenoxy) is 2. The van der Waals surface area contributed by atoms with Gasteiger partial charge in [0, 0.05) is 22.8 Å². The van der Waals surface area contributed by atoms with Crippen molar-refractivity contribution in [3.05, 3.63) is 94.6 Å². The predicted molar refractivity (Wildman–Crippen MR) is 130 cm³/mol. The van der Waals surface area contributed by atoms with Crippen LogP contribution in [-0.4, -0.2) is 34.5 Å². The molecule has 2 atom stereocenters. The summed E-state index contributed by atoms with van der Waals surface area (Å²) in [5.41, 5.74) is 3.20. The van der Waals surface area contributed by atoms with Crippen LogP contribution in [0.2, 0.25) is 0 Å². The first-order valence-electron chi connectivity index (χ1n) is 11.1. The lowest BCUT2D eigenvalue weighted by Gasteiger charge is -2.35. The number of rotatable bonds is 5. The number of hydrogen-bond acceptors (Lipinski definition) is 3. The Hall–Kier alpha value is -3.44. The van der Waals surface area contributed by atoms with Gasteiger partial charge in [0.2, 0.25) is 0 Å². The Kier molecular flexibility index (Phi) is 5.97. The highest BCUT2D eigenvalue weighted by molar-refractivity contribution is 6.24. The summed E-state index contributed by atoms with van der Waals surface area (Å²) in [6.45, 7) is 4.68. The van der Waals surface area contributed by atoms with E-state index in [0.717, 1.165) is 40.4 Å². The summed E-state index contributed by atoms with van der Waals surface area (Å²) in [6, 6.07) is 16.7. The maximum absolute atomic E-state index is 13.3. The molecule has 2 aliphatic rings. The number of fused-ring (bicyclic) bond motifs is 3. The molecular formula is C27H25ClN2O3. The van der Waals surface area contributed by atoms with Crippen LogP contribution in [0.15, 0.2) is 67.3 Å². The summed E-state index contributed by atoms with van der Waals surface area (Å²) in [7, 11) is 0. The lowest BCUT2D eigenvalue weighted by molar-refractivity contribution is 0.135. The van der Waals surface area contributed by atoms with Crippen LogP contribution in [0.5, 0.6) is 11.5 Å². The molecule has 1 aromatic heterocycles. The van der Waals surface area contributed by atoms with Crippen LogP contribution >= 0.6 is 11.6 Å². The van der Waals surface area contributed by atoms with E-state index in [2.05, 4.69) is 23.7 Å². The van der Waals surface area contributed by atoms with Crippen LogP contribution in [0.25, 0.3) is 12.2 Å².